The van der Waals surface area contributed by atoms with Gasteiger partial charge in [0, 0.05) is 12.8 Å². The molecule has 1 rings (SSSR count). The molecule has 0 aromatic carbocycles. The average molecular weight is 267 g/mol. The lowest BCUT2D eigenvalue weighted by Gasteiger charge is -2.25. The van der Waals surface area contributed by atoms with Crippen LogP contribution in [0, 0.1) is 11.3 Å². The van der Waals surface area contributed by atoms with Gasteiger partial charge in [-0.15, -0.1) is 0 Å². The third-order valence-corrected chi connectivity index (χ3v) is 4.10. The maximum absolute atomic E-state index is 9.29. The standard InChI is InChI=1S/C12H21N5S/c1-4-12(9-13,15-5-2)7-6-8-18-11-14-10-16-17(11)3/h10,15H,4-8H2,1-3H3. The van der Waals surface area contributed by atoms with Gasteiger partial charge in [-0.25, -0.2) is 9.67 Å². The van der Waals surface area contributed by atoms with Gasteiger partial charge < -0.3 is 0 Å². The summed E-state index contributed by atoms with van der Waals surface area (Å²) in [5.41, 5.74) is -0.366. The monoisotopic (exact) mass is 267 g/mol. The Morgan fingerprint density at radius 2 is 2.33 bits per heavy atom. The van der Waals surface area contributed by atoms with Crippen molar-refractivity contribution in [3.63, 3.8) is 0 Å². The molecule has 1 unspecified atom stereocenters. The Bertz CT molecular complexity index is 397. The Morgan fingerprint density at radius 3 is 2.83 bits per heavy atom. The SMILES string of the molecule is CCNC(C#N)(CC)CCCSc1ncnn1C. The first-order valence-electron chi connectivity index (χ1n) is 6.30. The molecule has 0 aliphatic heterocycles. The van der Waals surface area contributed by atoms with E-state index in [1.807, 2.05) is 14.0 Å². The molecule has 1 heterocycles. The van der Waals surface area contributed by atoms with Gasteiger partial charge in [-0.05, 0) is 25.8 Å². The smallest absolute Gasteiger partial charge is 0.185 e. The van der Waals surface area contributed by atoms with E-state index in [9.17, 15) is 5.26 Å². The zero-order valence-corrected chi connectivity index (χ0v) is 12.1. The third kappa shape index (κ3) is 4.00. The van der Waals surface area contributed by atoms with Gasteiger partial charge in [-0.2, -0.15) is 10.4 Å². The fourth-order valence-electron chi connectivity index (χ4n) is 1.86. The average Bonchev–Trinajstić information content (AvgIpc) is 2.79. The van der Waals surface area contributed by atoms with Crippen LogP contribution in [-0.2, 0) is 7.05 Å². The van der Waals surface area contributed by atoms with E-state index in [4.69, 9.17) is 0 Å². The van der Waals surface area contributed by atoms with E-state index in [-0.39, 0.29) is 5.54 Å². The number of aromatic nitrogens is 3. The number of nitrogens with zero attached hydrogens (tertiary/aromatic N) is 4. The van der Waals surface area contributed by atoms with Gasteiger partial charge in [0.05, 0.1) is 6.07 Å². The minimum Gasteiger partial charge on any atom is -0.300 e. The molecule has 0 bridgehead atoms. The summed E-state index contributed by atoms with van der Waals surface area (Å²) < 4.78 is 1.77. The van der Waals surface area contributed by atoms with E-state index in [0.717, 1.165) is 36.7 Å². The quantitative estimate of drug-likeness (QED) is 0.576. The van der Waals surface area contributed by atoms with Crippen molar-refractivity contribution < 1.29 is 0 Å². The summed E-state index contributed by atoms with van der Waals surface area (Å²) in [7, 11) is 1.89. The van der Waals surface area contributed by atoms with Crippen LogP contribution in [0.2, 0.25) is 0 Å². The Balaban J connectivity index is 2.36. The summed E-state index contributed by atoms with van der Waals surface area (Å²) in [6.07, 6.45) is 4.27. The first-order chi connectivity index (χ1) is 8.67. The van der Waals surface area contributed by atoms with Gasteiger partial charge in [-0.3, -0.25) is 5.32 Å². The normalized spacial score (nSPS) is 14.1. The van der Waals surface area contributed by atoms with E-state index in [1.54, 1.807) is 22.8 Å². The van der Waals surface area contributed by atoms with Crippen LogP contribution < -0.4 is 5.32 Å². The summed E-state index contributed by atoms with van der Waals surface area (Å²) in [4.78, 5) is 4.16. The lowest BCUT2D eigenvalue weighted by Crippen LogP contribution is -2.43. The predicted octanol–water partition coefficient (Wildman–Crippen LogP) is 1.97. The number of rotatable bonds is 8. The van der Waals surface area contributed by atoms with Crippen molar-refractivity contribution in [1.82, 2.24) is 20.1 Å². The van der Waals surface area contributed by atoms with E-state index < -0.39 is 0 Å². The van der Waals surface area contributed by atoms with E-state index in [1.165, 1.54) is 0 Å². The molecule has 1 aromatic rings. The number of hydrogen-bond acceptors (Lipinski definition) is 5. The van der Waals surface area contributed by atoms with Gasteiger partial charge in [0.25, 0.3) is 0 Å². The van der Waals surface area contributed by atoms with Crippen LogP contribution in [0.15, 0.2) is 11.5 Å². The summed E-state index contributed by atoms with van der Waals surface area (Å²) in [6, 6.07) is 2.42. The molecule has 0 saturated heterocycles. The van der Waals surface area contributed by atoms with Crippen molar-refractivity contribution in [3.05, 3.63) is 6.33 Å². The highest BCUT2D eigenvalue weighted by Gasteiger charge is 2.25. The Labute approximate surface area is 113 Å². The van der Waals surface area contributed by atoms with Crippen LogP contribution in [0.1, 0.15) is 33.1 Å². The molecule has 100 valence electrons. The molecule has 6 heteroatoms. The minimum absolute atomic E-state index is 0.366. The number of nitrogens with one attached hydrogen (secondary N) is 1. The zero-order chi connectivity index (χ0) is 13.4. The summed E-state index contributed by atoms with van der Waals surface area (Å²) in [6.45, 7) is 4.93. The van der Waals surface area contributed by atoms with Gasteiger partial charge in [0.15, 0.2) is 5.16 Å². The maximum Gasteiger partial charge on any atom is 0.185 e. The molecule has 0 radical (unpaired) electrons. The van der Waals surface area contributed by atoms with E-state index in [2.05, 4.69) is 28.4 Å². The topological polar surface area (TPSA) is 66.5 Å². The molecule has 1 atom stereocenters. The predicted molar refractivity (Wildman–Crippen MR) is 73.3 cm³/mol. The highest BCUT2D eigenvalue weighted by atomic mass is 32.2. The van der Waals surface area contributed by atoms with Crippen LogP contribution in [0.25, 0.3) is 0 Å². The molecule has 18 heavy (non-hydrogen) atoms. The molecule has 1 N–H and O–H groups in total. The number of thioether (sulfide) groups is 1. The molecule has 5 nitrogen and oxygen atoms in total. The van der Waals surface area contributed by atoms with Gasteiger partial charge in [0.1, 0.15) is 11.9 Å². The van der Waals surface area contributed by atoms with Crippen molar-refractivity contribution in [1.29, 1.82) is 5.26 Å². The van der Waals surface area contributed by atoms with Crippen LogP contribution in [-0.4, -0.2) is 32.6 Å². The molecule has 0 spiro atoms. The van der Waals surface area contributed by atoms with Crippen molar-refractivity contribution in [2.75, 3.05) is 12.3 Å². The van der Waals surface area contributed by atoms with Crippen LogP contribution in [0.5, 0.6) is 0 Å². The molecular weight excluding hydrogens is 246 g/mol. The largest absolute Gasteiger partial charge is 0.300 e. The molecular formula is C12H21N5S. The van der Waals surface area contributed by atoms with Gasteiger partial charge in [-0.1, -0.05) is 25.6 Å². The van der Waals surface area contributed by atoms with Crippen LogP contribution in [0.3, 0.4) is 0 Å². The first kappa shape index (κ1) is 15.0. The second-order valence-electron chi connectivity index (χ2n) is 4.20. The summed E-state index contributed by atoms with van der Waals surface area (Å²) >= 11 is 1.69. The van der Waals surface area contributed by atoms with Crippen molar-refractivity contribution >= 4 is 11.8 Å². The zero-order valence-electron chi connectivity index (χ0n) is 11.3. The number of nitriles is 1. The first-order valence-corrected chi connectivity index (χ1v) is 7.29. The molecule has 0 aliphatic carbocycles. The van der Waals surface area contributed by atoms with Gasteiger partial charge in [0.2, 0.25) is 0 Å². The highest BCUT2D eigenvalue weighted by Crippen LogP contribution is 2.21. The lowest BCUT2D eigenvalue weighted by atomic mass is 9.92. The Hall–Kier alpha value is -1.06. The minimum atomic E-state index is -0.366. The van der Waals surface area contributed by atoms with Crippen LogP contribution in [0.4, 0.5) is 0 Å². The van der Waals surface area contributed by atoms with E-state index in [0.29, 0.717) is 0 Å². The van der Waals surface area contributed by atoms with Crippen molar-refractivity contribution in [2.45, 2.75) is 43.8 Å². The van der Waals surface area contributed by atoms with Crippen molar-refractivity contribution in [2.24, 2.45) is 7.05 Å². The molecule has 1 aromatic heterocycles. The fourth-order valence-corrected chi connectivity index (χ4v) is 2.68. The van der Waals surface area contributed by atoms with E-state index >= 15 is 0 Å². The number of aryl methyl sites for hydroxylation is 1. The molecule has 0 fully saturated rings. The fraction of sp³-hybridized carbons (Fsp3) is 0.750. The highest BCUT2D eigenvalue weighted by molar-refractivity contribution is 7.99. The second kappa shape index (κ2) is 7.39. The van der Waals surface area contributed by atoms with Gasteiger partial charge >= 0.3 is 0 Å². The molecule has 0 aliphatic rings. The molecule has 0 saturated carbocycles. The molecule has 0 amide bonds. The van der Waals surface area contributed by atoms with Crippen LogP contribution >= 0.6 is 11.8 Å². The van der Waals surface area contributed by atoms with Crippen molar-refractivity contribution in [3.8, 4) is 6.07 Å². The third-order valence-electron chi connectivity index (χ3n) is 2.98. The number of hydrogen-bond donors (Lipinski definition) is 1. The summed E-state index contributed by atoms with van der Waals surface area (Å²) in [5.74, 6) is 0.960. The summed E-state index contributed by atoms with van der Waals surface area (Å²) in [5, 5.41) is 17.5. The lowest BCUT2D eigenvalue weighted by molar-refractivity contribution is 0.379. The Morgan fingerprint density at radius 1 is 1.56 bits per heavy atom. The Kier molecular flexibility index (Phi) is 6.16. The maximum atomic E-state index is 9.29. The second-order valence-corrected chi connectivity index (χ2v) is 5.26.